The maximum absolute atomic E-state index is 13.3. The van der Waals surface area contributed by atoms with E-state index < -0.39 is 48.3 Å². The highest BCUT2D eigenvalue weighted by molar-refractivity contribution is 5.87. The summed E-state index contributed by atoms with van der Waals surface area (Å²) >= 11 is 0. The average Bonchev–Trinajstić information content (AvgIpc) is 3.98. The van der Waals surface area contributed by atoms with E-state index in [2.05, 4.69) is 35.3 Å². The van der Waals surface area contributed by atoms with Gasteiger partial charge in [-0.1, -0.05) is 48.5 Å². The largest absolute Gasteiger partial charge is 0.465 e. The number of alkyl carbamates (subject to hydrolysis) is 1. The minimum Gasteiger partial charge on any atom is -0.465 e. The first-order valence-corrected chi connectivity index (χ1v) is 17.6. The summed E-state index contributed by atoms with van der Waals surface area (Å²) < 4.78 is 4.63. The molecule has 53 heavy (non-hydrogen) atoms. The van der Waals surface area contributed by atoms with Gasteiger partial charge in [-0.2, -0.15) is 0 Å². The molecule has 16 heteroatoms. The molecule has 2 aromatic carbocycles. The summed E-state index contributed by atoms with van der Waals surface area (Å²) in [6, 6.07) is 12.9. The van der Waals surface area contributed by atoms with E-state index in [1.807, 2.05) is 48.5 Å². The molecule has 7 N–H and O–H groups in total. The third-order valence-corrected chi connectivity index (χ3v) is 9.85. The summed E-state index contributed by atoms with van der Waals surface area (Å²) in [7, 11) is 1.20. The number of benzene rings is 2. The molecule has 0 saturated carbocycles. The smallest absolute Gasteiger partial charge is 0.407 e. The molecule has 6 atom stereocenters. The number of nitrogens with zero attached hydrogens (tertiary/aromatic N) is 4. The van der Waals surface area contributed by atoms with Crippen LogP contribution in [0.5, 0.6) is 0 Å². The zero-order chi connectivity index (χ0) is 37.8. The second-order valence-corrected chi connectivity index (χ2v) is 13.4. The van der Waals surface area contributed by atoms with E-state index in [1.54, 1.807) is 22.2 Å². The van der Waals surface area contributed by atoms with E-state index in [0.717, 1.165) is 46.5 Å². The third kappa shape index (κ3) is 8.03. The number of aliphatic hydroxyl groups is 2. The lowest BCUT2D eigenvalue weighted by Crippen LogP contribution is -2.53. The molecule has 0 aliphatic carbocycles. The maximum atomic E-state index is 13.3. The number of carbonyl (C=O) groups excluding carboxylic acids is 3. The molecule has 2 aliphatic rings. The second-order valence-electron chi connectivity index (χ2n) is 13.4. The fraction of sp³-hybridized carbons (Fsp3) is 0.405. The Balaban J connectivity index is 1.11. The monoisotopic (exact) mass is 728 g/mol. The SMILES string of the molecule is COC(=O)N[C@H](C(=O)N1CCCC1c1ncc(-c2ccc(-c3ccc(-c4cnc([C@@H]5CCCN5C(=O)[C@@H](NC(=O)O)[C@@H](C)O)[nH]4)cc3)cc2)[nH]1)[C@@H](C)O. The molecule has 0 radical (unpaired) electrons. The van der Waals surface area contributed by atoms with E-state index in [4.69, 9.17) is 5.11 Å². The lowest BCUT2D eigenvalue weighted by atomic mass is 10.0. The van der Waals surface area contributed by atoms with Crippen molar-refractivity contribution in [3.05, 3.63) is 72.6 Å². The van der Waals surface area contributed by atoms with Crippen molar-refractivity contribution in [3.63, 3.8) is 0 Å². The van der Waals surface area contributed by atoms with E-state index >= 15 is 0 Å². The Labute approximate surface area is 305 Å². The molecule has 2 fully saturated rings. The van der Waals surface area contributed by atoms with E-state index in [-0.39, 0.29) is 12.1 Å². The second kappa shape index (κ2) is 15.9. The van der Waals surface area contributed by atoms with Crippen LogP contribution in [0.1, 0.15) is 63.3 Å². The number of ether oxygens (including phenoxy) is 1. The van der Waals surface area contributed by atoms with Gasteiger partial charge in [-0.3, -0.25) is 9.59 Å². The van der Waals surface area contributed by atoms with Crippen LogP contribution in [0, 0.1) is 0 Å². The van der Waals surface area contributed by atoms with Gasteiger partial charge >= 0.3 is 12.2 Å². The number of rotatable bonds is 11. The van der Waals surface area contributed by atoms with Gasteiger partial charge in [0.1, 0.15) is 23.7 Å². The molecule has 1 unspecified atom stereocenters. The molecular formula is C37H44N8O8. The topological polar surface area (TPSA) is 226 Å². The number of carboxylic acid groups (broad SMARTS) is 1. The number of aromatic nitrogens is 4. The summed E-state index contributed by atoms with van der Waals surface area (Å²) in [6.45, 7) is 3.73. The van der Waals surface area contributed by atoms with E-state index in [0.29, 0.717) is 37.6 Å². The molecule has 2 aliphatic heterocycles. The molecular weight excluding hydrogens is 684 g/mol. The van der Waals surface area contributed by atoms with Crippen molar-refractivity contribution in [3.8, 4) is 33.6 Å². The van der Waals surface area contributed by atoms with Gasteiger partial charge in [-0.15, -0.1) is 0 Å². The summed E-state index contributed by atoms with van der Waals surface area (Å²) in [5, 5.41) is 34.0. The van der Waals surface area contributed by atoms with Crippen LogP contribution >= 0.6 is 0 Å². The quantitative estimate of drug-likeness (QED) is 0.119. The van der Waals surface area contributed by atoms with Crippen molar-refractivity contribution in [2.45, 2.75) is 75.9 Å². The fourth-order valence-electron chi connectivity index (χ4n) is 7.07. The minimum absolute atomic E-state index is 0.330. The lowest BCUT2D eigenvalue weighted by molar-refractivity contribution is -0.137. The molecule has 280 valence electrons. The Morgan fingerprint density at radius 2 is 1.11 bits per heavy atom. The number of nitrogens with one attached hydrogen (secondary N) is 4. The van der Waals surface area contributed by atoms with Gasteiger partial charge in [0.05, 0.1) is 55.2 Å². The number of amides is 4. The van der Waals surface area contributed by atoms with Gasteiger partial charge < -0.3 is 50.5 Å². The Kier molecular flexibility index (Phi) is 11.1. The van der Waals surface area contributed by atoms with Crippen LogP contribution in [-0.4, -0.2) is 114 Å². The van der Waals surface area contributed by atoms with Gasteiger partial charge in [-0.05, 0) is 61.8 Å². The molecule has 4 amide bonds. The Morgan fingerprint density at radius 1 is 0.717 bits per heavy atom. The average molecular weight is 729 g/mol. The first kappa shape index (κ1) is 37.0. The van der Waals surface area contributed by atoms with Gasteiger partial charge in [-0.25, -0.2) is 19.6 Å². The van der Waals surface area contributed by atoms with Crippen LogP contribution in [0.25, 0.3) is 33.6 Å². The van der Waals surface area contributed by atoms with Crippen LogP contribution in [0.3, 0.4) is 0 Å². The molecule has 0 bridgehead atoms. The highest BCUT2D eigenvalue weighted by Crippen LogP contribution is 2.35. The predicted octanol–water partition coefficient (Wildman–Crippen LogP) is 3.58. The Hall–Kier alpha value is -5.74. The van der Waals surface area contributed by atoms with Crippen LogP contribution in [0.4, 0.5) is 9.59 Å². The van der Waals surface area contributed by atoms with Crippen molar-refractivity contribution in [2.24, 2.45) is 0 Å². The standard InChI is InChI=1S/C37H44N8O8/c1-20(46)30(42-36(50)51)34(48)44-16-4-6-28(44)32-38-18-26(40-32)24-12-8-22(9-13-24)23-10-14-25(15-11-23)27-19-39-33(41-27)29-7-5-17-45(29)35(49)31(21(2)47)43-37(52)53-3/h8-15,18-21,28-31,42,46-47H,4-7,16-17H2,1-3H3,(H,38,40)(H,39,41)(H,43,52)(H,50,51)/t20-,21-,28+,29?,30+,31+/m1/s1. The number of hydrogen-bond acceptors (Lipinski definition) is 9. The van der Waals surface area contributed by atoms with Crippen molar-refractivity contribution in [2.75, 3.05) is 20.2 Å². The van der Waals surface area contributed by atoms with E-state index in [9.17, 15) is 29.4 Å². The molecule has 2 aromatic heterocycles. The molecule has 6 rings (SSSR count). The number of methoxy groups -OCH3 is 1. The first-order chi connectivity index (χ1) is 25.4. The van der Waals surface area contributed by atoms with Gasteiger partial charge in [0, 0.05) is 13.1 Å². The first-order valence-electron chi connectivity index (χ1n) is 17.6. The summed E-state index contributed by atoms with van der Waals surface area (Å²) in [5.41, 5.74) is 5.38. The zero-order valence-corrected chi connectivity index (χ0v) is 29.7. The lowest BCUT2D eigenvalue weighted by Gasteiger charge is -2.29. The third-order valence-electron chi connectivity index (χ3n) is 9.85. The van der Waals surface area contributed by atoms with Crippen molar-refractivity contribution in [1.82, 2.24) is 40.4 Å². The number of hydrogen-bond donors (Lipinski definition) is 7. The summed E-state index contributed by atoms with van der Waals surface area (Å²) in [5.74, 6) is 0.331. The number of H-pyrrole nitrogens is 2. The molecule has 4 heterocycles. The van der Waals surface area contributed by atoms with Crippen LogP contribution < -0.4 is 10.6 Å². The molecule has 0 spiro atoms. The normalized spacial score (nSPS) is 19.3. The number of carbonyl (C=O) groups is 4. The van der Waals surface area contributed by atoms with Gasteiger partial charge in [0.15, 0.2) is 0 Å². The number of likely N-dealkylation sites (tertiary alicyclic amines) is 2. The maximum Gasteiger partial charge on any atom is 0.407 e. The van der Waals surface area contributed by atoms with E-state index in [1.165, 1.54) is 21.0 Å². The molecule has 2 saturated heterocycles. The number of aliphatic hydroxyl groups excluding tert-OH is 2. The highest BCUT2D eigenvalue weighted by atomic mass is 16.5. The predicted molar refractivity (Wildman–Crippen MR) is 192 cm³/mol. The number of aromatic amines is 2. The zero-order valence-electron chi connectivity index (χ0n) is 29.7. The molecule has 4 aromatic rings. The van der Waals surface area contributed by atoms with Crippen LogP contribution in [0.2, 0.25) is 0 Å². The Morgan fingerprint density at radius 3 is 1.49 bits per heavy atom. The fourth-order valence-corrected chi connectivity index (χ4v) is 7.07. The van der Waals surface area contributed by atoms with Crippen molar-refractivity contribution < 1.29 is 39.2 Å². The van der Waals surface area contributed by atoms with Crippen LogP contribution in [-0.2, 0) is 14.3 Å². The highest BCUT2D eigenvalue weighted by Gasteiger charge is 2.39. The molecule has 16 nitrogen and oxygen atoms in total. The van der Waals surface area contributed by atoms with Crippen molar-refractivity contribution in [1.29, 1.82) is 0 Å². The van der Waals surface area contributed by atoms with Crippen LogP contribution in [0.15, 0.2) is 60.9 Å². The summed E-state index contributed by atoms with van der Waals surface area (Å²) in [4.78, 5) is 68.6. The van der Waals surface area contributed by atoms with Crippen molar-refractivity contribution >= 4 is 24.0 Å². The Bertz CT molecular complexity index is 1920. The summed E-state index contributed by atoms with van der Waals surface area (Å²) in [6.07, 6.45) is 1.80. The number of imidazole rings is 2. The van der Waals surface area contributed by atoms with Gasteiger partial charge in [0.2, 0.25) is 11.8 Å². The van der Waals surface area contributed by atoms with Gasteiger partial charge in [0.25, 0.3) is 0 Å². The minimum atomic E-state index is -1.38.